The highest BCUT2D eigenvalue weighted by molar-refractivity contribution is 7.11. The van der Waals surface area contributed by atoms with Crippen LogP contribution < -0.4 is 0 Å². The van der Waals surface area contributed by atoms with E-state index in [-0.39, 0.29) is 6.61 Å². The molecule has 23 heavy (non-hydrogen) atoms. The van der Waals surface area contributed by atoms with E-state index in [0.717, 1.165) is 15.6 Å². The summed E-state index contributed by atoms with van der Waals surface area (Å²) in [6.07, 6.45) is 0. The molecule has 0 N–H and O–H groups in total. The molecule has 0 spiro atoms. The molecule has 0 fully saturated rings. The Morgan fingerprint density at radius 2 is 2.00 bits per heavy atom. The number of carbonyl (C=O) groups excluding carboxylic acids is 1. The van der Waals surface area contributed by atoms with Crippen molar-refractivity contribution < 1.29 is 13.9 Å². The molecule has 118 valence electrons. The van der Waals surface area contributed by atoms with Crippen molar-refractivity contribution in [2.75, 3.05) is 0 Å². The Bertz CT molecular complexity index is 854. The minimum Gasteiger partial charge on any atom is -0.456 e. The van der Waals surface area contributed by atoms with Crippen LogP contribution in [0.1, 0.15) is 31.8 Å². The molecular weight excluding hydrogens is 314 g/mol. The number of hydrogen-bond donors (Lipinski definition) is 0. The summed E-state index contributed by atoms with van der Waals surface area (Å²) in [6.45, 7) is 5.73. The highest BCUT2D eigenvalue weighted by Crippen LogP contribution is 2.24. The second-order valence-electron chi connectivity index (χ2n) is 4.98. The molecule has 0 aliphatic heterocycles. The van der Waals surface area contributed by atoms with Gasteiger partial charge in [0.05, 0.1) is 21.8 Å². The summed E-state index contributed by atoms with van der Waals surface area (Å²) in [5, 5.41) is 8.71. The second kappa shape index (κ2) is 6.29. The van der Waals surface area contributed by atoms with Gasteiger partial charge in [-0.05, 0) is 26.0 Å². The molecule has 1 aromatic carbocycles. The zero-order chi connectivity index (χ0) is 16.4. The monoisotopic (exact) mass is 329 g/mol. The molecule has 0 saturated heterocycles. The van der Waals surface area contributed by atoms with Gasteiger partial charge in [-0.1, -0.05) is 12.1 Å². The van der Waals surface area contributed by atoms with Gasteiger partial charge >= 0.3 is 5.97 Å². The Labute approximate surface area is 137 Å². The first-order valence-corrected chi connectivity index (χ1v) is 7.86. The zero-order valence-electron chi connectivity index (χ0n) is 13.0. The van der Waals surface area contributed by atoms with Crippen LogP contribution in [-0.2, 0) is 11.3 Å². The molecule has 0 amide bonds. The van der Waals surface area contributed by atoms with E-state index in [0.29, 0.717) is 22.9 Å². The molecule has 3 rings (SSSR count). The SMILES string of the molecule is Cc1nnc(-c2ccccc2C(=O)OCc2nc(C)sc2C)o1. The first-order chi connectivity index (χ1) is 11.0. The summed E-state index contributed by atoms with van der Waals surface area (Å²) in [7, 11) is 0. The van der Waals surface area contributed by atoms with Crippen LogP contribution in [0, 0.1) is 20.8 Å². The lowest BCUT2D eigenvalue weighted by atomic mass is 10.1. The molecule has 7 heteroatoms. The molecule has 0 radical (unpaired) electrons. The van der Waals surface area contributed by atoms with Gasteiger partial charge in [-0.25, -0.2) is 9.78 Å². The van der Waals surface area contributed by atoms with Crippen LogP contribution in [0.4, 0.5) is 0 Å². The number of carbonyl (C=O) groups is 1. The van der Waals surface area contributed by atoms with Crippen molar-refractivity contribution in [3.8, 4) is 11.5 Å². The Balaban J connectivity index is 1.81. The van der Waals surface area contributed by atoms with Crippen LogP contribution in [-0.4, -0.2) is 21.2 Å². The molecule has 0 aliphatic carbocycles. The van der Waals surface area contributed by atoms with Crippen molar-refractivity contribution in [2.45, 2.75) is 27.4 Å². The van der Waals surface area contributed by atoms with Crippen molar-refractivity contribution >= 4 is 17.3 Å². The molecule has 6 nitrogen and oxygen atoms in total. The number of hydrogen-bond acceptors (Lipinski definition) is 7. The highest BCUT2D eigenvalue weighted by atomic mass is 32.1. The minimum atomic E-state index is -0.443. The largest absolute Gasteiger partial charge is 0.456 e. The Morgan fingerprint density at radius 1 is 1.22 bits per heavy atom. The van der Waals surface area contributed by atoms with Gasteiger partial charge in [0.1, 0.15) is 6.61 Å². The molecule has 2 heterocycles. The summed E-state index contributed by atoms with van der Waals surface area (Å²) in [6, 6.07) is 7.00. The van der Waals surface area contributed by atoms with Gasteiger partial charge in [-0.15, -0.1) is 21.5 Å². The third-order valence-corrected chi connectivity index (χ3v) is 4.17. The van der Waals surface area contributed by atoms with Gasteiger partial charge in [0, 0.05) is 11.8 Å². The van der Waals surface area contributed by atoms with E-state index in [4.69, 9.17) is 9.15 Å². The molecule has 0 aliphatic rings. The van der Waals surface area contributed by atoms with Crippen LogP contribution in [0.15, 0.2) is 28.7 Å². The lowest BCUT2D eigenvalue weighted by molar-refractivity contribution is 0.0468. The Hall–Kier alpha value is -2.54. The van der Waals surface area contributed by atoms with E-state index >= 15 is 0 Å². The van der Waals surface area contributed by atoms with Crippen LogP contribution in [0.25, 0.3) is 11.5 Å². The summed E-state index contributed by atoms with van der Waals surface area (Å²) in [5.41, 5.74) is 1.73. The van der Waals surface area contributed by atoms with E-state index in [1.54, 1.807) is 42.5 Å². The van der Waals surface area contributed by atoms with Crippen molar-refractivity contribution in [1.29, 1.82) is 0 Å². The van der Waals surface area contributed by atoms with Gasteiger partial charge in [0.2, 0.25) is 11.8 Å². The highest BCUT2D eigenvalue weighted by Gasteiger charge is 2.18. The first kappa shape index (κ1) is 15.4. The maximum atomic E-state index is 12.4. The molecule has 0 unspecified atom stereocenters. The number of ether oxygens (including phenoxy) is 1. The van der Waals surface area contributed by atoms with E-state index in [9.17, 15) is 4.79 Å². The maximum Gasteiger partial charge on any atom is 0.339 e. The standard InChI is InChI=1S/C16H15N3O3S/c1-9-14(17-11(3)23-9)8-21-16(20)13-7-5-4-6-12(13)15-19-18-10(2)22-15/h4-7H,8H2,1-3H3. The van der Waals surface area contributed by atoms with E-state index in [1.165, 1.54) is 0 Å². The Kier molecular flexibility index (Phi) is 4.20. The normalized spacial score (nSPS) is 10.7. The molecule has 3 aromatic rings. The van der Waals surface area contributed by atoms with Crippen LogP contribution in [0.2, 0.25) is 0 Å². The van der Waals surface area contributed by atoms with Gasteiger partial charge in [-0.3, -0.25) is 0 Å². The van der Waals surface area contributed by atoms with Crippen molar-refractivity contribution in [3.05, 3.63) is 51.3 Å². The smallest absolute Gasteiger partial charge is 0.339 e. The third-order valence-electron chi connectivity index (χ3n) is 3.24. The molecule has 0 bridgehead atoms. The number of thiazole rings is 1. The second-order valence-corrected chi connectivity index (χ2v) is 6.39. The summed E-state index contributed by atoms with van der Waals surface area (Å²) < 4.78 is 10.8. The van der Waals surface area contributed by atoms with Crippen molar-refractivity contribution in [2.24, 2.45) is 0 Å². The topological polar surface area (TPSA) is 78.1 Å². The van der Waals surface area contributed by atoms with Crippen molar-refractivity contribution in [1.82, 2.24) is 15.2 Å². The summed E-state index contributed by atoms with van der Waals surface area (Å²) in [4.78, 5) is 17.8. The molecular formula is C16H15N3O3S. The number of aromatic nitrogens is 3. The molecule has 0 saturated carbocycles. The zero-order valence-corrected chi connectivity index (χ0v) is 13.8. The van der Waals surface area contributed by atoms with E-state index in [1.807, 2.05) is 13.8 Å². The Morgan fingerprint density at radius 3 is 2.65 bits per heavy atom. The first-order valence-electron chi connectivity index (χ1n) is 7.04. The predicted molar refractivity (Wildman–Crippen MR) is 85.2 cm³/mol. The maximum absolute atomic E-state index is 12.4. The minimum absolute atomic E-state index is 0.145. The van der Waals surface area contributed by atoms with Gasteiger partial charge in [0.25, 0.3) is 0 Å². The average molecular weight is 329 g/mol. The summed E-state index contributed by atoms with van der Waals surface area (Å²) >= 11 is 1.58. The number of rotatable bonds is 4. The van der Waals surface area contributed by atoms with Crippen molar-refractivity contribution in [3.63, 3.8) is 0 Å². The van der Waals surface area contributed by atoms with Crippen LogP contribution >= 0.6 is 11.3 Å². The van der Waals surface area contributed by atoms with Crippen LogP contribution in [0.3, 0.4) is 0 Å². The van der Waals surface area contributed by atoms with E-state index in [2.05, 4.69) is 15.2 Å². The summed E-state index contributed by atoms with van der Waals surface area (Å²) in [5.74, 6) is 0.300. The number of esters is 1. The van der Waals surface area contributed by atoms with Gasteiger partial charge in [-0.2, -0.15) is 0 Å². The fourth-order valence-corrected chi connectivity index (χ4v) is 2.99. The fourth-order valence-electron chi connectivity index (χ4n) is 2.17. The lowest BCUT2D eigenvalue weighted by Crippen LogP contribution is -2.07. The fraction of sp³-hybridized carbons (Fsp3) is 0.250. The quantitative estimate of drug-likeness (QED) is 0.682. The molecule has 2 aromatic heterocycles. The average Bonchev–Trinajstić information content (AvgIpc) is 3.10. The predicted octanol–water partition coefficient (Wildman–Crippen LogP) is 3.48. The van der Waals surface area contributed by atoms with E-state index < -0.39 is 5.97 Å². The van der Waals surface area contributed by atoms with Gasteiger partial charge < -0.3 is 9.15 Å². The lowest BCUT2D eigenvalue weighted by Gasteiger charge is -2.06. The third kappa shape index (κ3) is 3.29. The molecule has 0 atom stereocenters. The number of aryl methyl sites for hydroxylation is 3. The van der Waals surface area contributed by atoms with Crippen LogP contribution in [0.5, 0.6) is 0 Å². The number of nitrogens with zero attached hydrogens (tertiary/aromatic N) is 3. The van der Waals surface area contributed by atoms with Gasteiger partial charge in [0.15, 0.2) is 0 Å². The number of benzene rings is 1.